The summed E-state index contributed by atoms with van der Waals surface area (Å²) in [4.78, 5) is 9.58. The van der Waals surface area contributed by atoms with Crippen LogP contribution in [0, 0.1) is 0 Å². The van der Waals surface area contributed by atoms with E-state index in [0.717, 1.165) is 4.90 Å². The number of aromatic nitrogens is 2. The van der Waals surface area contributed by atoms with Crippen molar-refractivity contribution in [2.24, 2.45) is 0 Å². The molecule has 0 N–H and O–H groups in total. The van der Waals surface area contributed by atoms with E-state index in [1.165, 1.54) is 18.0 Å². The van der Waals surface area contributed by atoms with Gasteiger partial charge in [0.05, 0.1) is 6.20 Å². The van der Waals surface area contributed by atoms with Gasteiger partial charge in [0, 0.05) is 4.90 Å². The number of para-hydroxylation sites is 1. The van der Waals surface area contributed by atoms with E-state index >= 15 is 0 Å². The van der Waals surface area contributed by atoms with Gasteiger partial charge in [0.2, 0.25) is 5.88 Å². The molecular formula is C16H11ClN2OS. The average Bonchev–Trinajstić information content (AvgIpc) is 2.53. The lowest BCUT2D eigenvalue weighted by Gasteiger charge is -2.07. The molecule has 3 aromatic rings. The van der Waals surface area contributed by atoms with Crippen molar-refractivity contribution >= 4 is 23.4 Å². The minimum atomic E-state index is 0.365. The lowest BCUT2D eigenvalue weighted by Crippen LogP contribution is -1.92. The molecule has 0 aliphatic heterocycles. The van der Waals surface area contributed by atoms with Crippen LogP contribution in [0.15, 0.2) is 76.8 Å². The minimum absolute atomic E-state index is 0.365. The zero-order valence-electron chi connectivity index (χ0n) is 10.9. The molecule has 0 aliphatic rings. The average molecular weight is 315 g/mol. The van der Waals surface area contributed by atoms with Crippen LogP contribution in [-0.2, 0) is 0 Å². The van der Waals surface area contributed by atoms with E-state index in [2.05, 4.69) is 9.97 Å². The van der Waals surface area contributed by atoms with Crippen LogP contribution >= 0.6 is 23.4 Å². The van der Waals surface area contributed by atoms with Crippen molar-refractivity contribution in [3.05, 3.63) is 72.0 Å². The van der Waals surface area contributed by atoms with Crippen molar-refractivity contribution in [1.82, 2.24) is 9.97 Å². The van der Waals surface area contributed by atoms with E-state index in [0.29, 0.717) is 21.8 Å². The Balaban J connectivity index is 1.83. The molecule has 0 spiro atoms. The summed E-state index contributed by atoms with van der Waals surface area (Å²) >= 11 is 7.55. The van der Waals surface area contributed by atoms with Gasteiger partial charge in [-0.1, -0.05) is 59.8 Å². The number of benzene rings is 2. The SMILES string of the molecule is Clc1ncc(Oc2ccccc2)nc1Sc1ccccc1. The first-order chi connectivity index (χ1) is 10.3. The molecule has 0 radical (unpaired) electrons. The first-order valence-corrected chi connectivity index (χ1v) is 7.49. The van der Waals surface area contributed by atoms with Crippen molar-refractivity contribution in [3.8, 4) is 11.6 Å². The van der Waals surface area contributed by atoms with Gasteiger partial charge in [-0.05, 0) is 24.3 Å². The Hall–Kier alpha value is -2.04. The van der Waals surface area contributed by atoms with E-state index in [1.54, 1.807) is 0 Å². The molecule has 0 saturated carbocycles. The Morgan fingerprint density at radius 3 is 2.29 bits per heavy atom. The summed E-state index contributed by atoms with van der Waals surface area (Å²) in [5.41, 5.74) is 0. The van der Waals surface area contributed by atoms with Crippen LogP contribution in [-0.4, -0.2) is 9.97 Å². The molecular weight excluding hydrogens is 304 g/mol. The second-order valence-electron chi connectivity index (χ2n) is 4.13. The Morgan fingerprint density at radius 1 is 0.905 bits per heavy atom. The summed E-state index contributed by atoms with van der Waals surface area (Å²) in [6, 6.07) is 19.3. The van der Waals surface area contributed by atoms with Crippen molar-refractivity contribution < 1.29 is 4.74 Å². The molecule has 5 heteroatoms. The van der Waals surface area contributed by atoms with Gasteiger partial charge < -0.3 is 4.74 Å². The summed E-state index contributed by atoms with van der Waals surface area (Å²) in [5.74, 6) is 1.13. The van der Waals surface area contributed by atoms with Gasteiger partial charge >= 0.3 is 0 Å². The molecule has 0 atom stereocenters. The van der Waals surface area contributed by atoms with E-state index in [4.69, 9.17) is 16.3 Å². The summed E-state index contributed by atoms with van der Waals surface area (Å²) < 4.78 is 5.67. The Labute approximate surface area is 132 Å². The van der Waals surface area contributed by atoms with Gasteiger partial charge in [-0.2, -0.15) is 0 Å². The second kappa shape index (κ2) is 6.61. The van der Waals surface area contributed by atoms with Gasteiger partial charge in [-0.15, -0.1) is 0 Å². The molecule has 0 fully saturated rings. The number of ether oxygens (including phenoxy) is 1. The van der Waals surface area contributed by atoms with Gasteiger partial charge in [-0.25, -0.2) is 9.97 Å². The maximum absolute atomic E-state index is 6.10. The molecule has 0 amide bonds. The molecule has 21 heavy (non-hydrogen) atoms. The highest BCUT2D eigenvalue weighted by Gasteiger charge is 2.09. The fourth-order valence-electron chi connectivity index (χ4n) is 1.67. The predicted octanol–water partition coefficient (Wildman–Crippen LogP) is 5.07. The van der Waals surface area contributed by atoms with Crippen molar-refractivity contribution in [1.29, 1.82) is 0 Å². The molecule has 104 valence electrons. The van der Waals surface area contributed by atoms with Crippen molar-refractivity contribution in [2.45, 2.75) is 9.92 Å². The third kappa shape index (κ3) is 3.74. The van der Waals surface area contributed by atoms with Crippen molar-refractivity contribution in [2.75, 3.05) is 0 Å². The number of halogens is 1. The topological polar surface area (TPSA) is 35.0 Å². The first-order valence-electron chi connectivity index (χ1n) is 6.29. The lowest BCUT2D eigenvalue weighted by molar-refractivity contribution is 0.455. The zero-order valence-corrected chi connectivity index (χ0v) is 12.5. The van der Waals surface area contributed by atoms with Crippen LogP contribution in [0.5, 0.6) is 11.6 Å². The van der Waals surface area contributed by atoms with Gasteiger partial charge in [0.25, 0.3) is 0 Å². The van der Waals surface area contributed by atoms with Gasteiger partial charge in [0.1, 0.15) is 10.8 Å². The maximum Gasteiger partial charge on any atom is 0.239 e. The standard InChI is InChI=1S/C16H11ClN2OS/c17-15-16(21-13-9-5-2-6-10-13)19-14(11-18-15)20-12-7-3-1-4-8-12/h1-11H. The molecule has 0 bridgehead atoms. The summed E-state index contributed by atoms with van der Waals surface area (Å²) in [7, 11) is 0. The molecule has 0 saturated heterocycles. The molecule has 1 aromatic heterocycles. The highest BCUT2D eigenvalue weighted by molar-refractivity contribution is 7.99. The monoisotopic (exact) mass is 314 g/mol. The van der Waals surface area contributed by atoms with E-state index in [-0.39, 0.29) is 0 Å². The molecule has 0 aliphatic carbocycles. The van der Waals surface area contributed by atoms with Crippen LogP contribution in [0.25, 0.3) is 0 Å². The van der Waals surface area contributed by atoms with E-state index in [9.17, 15) is 0 Å². The van der Waals surface area contributed by atoms with Crippen LogP contribution in [0.1, 0.15) is 0 Å². The summed E-state index contributed by atoms with van der Waals surface area (Å²) in [6.07, 6.45) is 1.52. The van der Waals surface area contributed by atoms with Crippen LogP contribution < -0.4 is 4.74 Å². The van der Waals surface area contributed by atoms with Crippen LogP contribution in [0.2, 0.25) is 5.15 Å². The minimum Gasteiger partial charge on any atom is -0.437 e. The van der Waals surface area contributed by atoms with E-state index in [1.807, 2.05) is 60.7 Å². The molecule has 3 nitrogen and oxygen atoms in total. The maximum atomic E-state index is 6.10. The van der Waals surface area contributed by atoms with Crippen molar-refractivity contribution in [3.63, 3.8) is 0 Å². The summed E-state index contributed by atoms with van der Waals surface area (Å²) in [6.45, 7) is 0. The van der Waals surface area contributed by atoms with Gasteiger partial charge in [-0.3, -0.25) is 0 Å². The number of rotatable bonds is 4. The largest absolute Gasteiger partial charge is 0.437 e. The Morgan fingerprint density at radius 2 is 1.57 bits per heavy atom. The quantitative estimate of drug-likeness (QED) is 0.673. The smallest absolute Gasteiger partial charge is 0.239 e. The second-order valence-corrected chi connectivity index (χ2v) is 5.55. The Bertz CT molecular complexity index is 723. The van der Waals surface area contributed by atoms with E-state index < -0.39 is 0 Å². The molecule has 2 aromatic carbocycles. The van der Waals surface area contributed by atoms with Gasteiger partial charge in [0.15, 0.2) is 5.15 Å². The van der Waals surface area contributed by atoms with Crippen LogP contribution in [0.3, 0.4) is 0 Å². The number of hydrogen-bond donors (Lipinski definition) is 0. The summed E-state index contributed by atoms with van der Waals surface area (Å²) in [5, 5.41) is 0.987. The normalized spacial score (nSPS) is 10.3. The fraction of sp³-hybridized carbons (Fsp3) is 0. The highest BCUT2D eigenvalue weighted by Crippen LogP contribution is 2.32. The third-order valence-electron chi connectivity index (χ3n) is 2.60. The lowest BCUT2D eigenvalue weighted by atomic mass is 10.3. The first kappa shape index (κ1) is 13.9. The third-order valence-corrected chi connectivity index (χ3v) is 3.97. The molecule has 0 unspecified atom stereocenters. The fourth-order valence-corrected chi connectivity index (χ4v) is 2.66. The molecule has 1 heterocycles. The Kier molecular flexibility index (Phi) is 4.38. The number of nitrogens with zero attached hydrogens (tertiary/aromatic N) is 2. The zero-order chi connectivity index (χ0) is 14.5. The number of hydrogen-bond acceptors (Lipinski definition) is 4. The molecule has 3 rings (SSSR count). The highest BCUT2D eigenvalue weighted by atomic mass is 35.5. The van der Waals surface area contributed by atoms with Crippen LogP contribution in [0.4, 0.5) is 0 Å². The predicted molar refractivity (Wildman–Crippen MR) is 84.1 cm³/mol.